The third-order valence-corrected chi connectivity index (χ3v) is 5.27. The minimum Gasteiger partial charge on any atom is -0.486 e. The molecule has 1 fully saturated rings. The predicted molar refractivity (Wildman–Crippen MR) is 130 cm³/mol. The van der Waals surface area contributed by atoms with Crippen LogP contribution in [0.2, 0.25) is 0 Å². The Bertz CT molecular complexity index is 963. The molecule has 1 amide bonds. The van der Waals surface area contributed by atoms with Gasteiger partial charge in [-0.2, -0.15) is 0 Å². The number of carbonyl (C=O) groups is 4. The number of thiol groups is 1. The molecular formula is C24H28N2O7S. The number of carbonyl (C=O) groups excluding carboxylic acids is 4. The van der Waals surface area contributed by atoms with Gasteiger partial charge in [-0.15, -0.1) is 12.6 Å². The molecule has 1 heterocycles. The fraction of sp³-hybridized carbons (Fsp3) is 0.333. The molecule has 1 aromatic rings. The molecule has 1 saturated heterocycles. The van der Waals surface area contributed by atoms with Gasteiger partial charge in [0.05, 0.1) is 11.7 Å². The van der Waals surface area contributed by atoms with Gasteiger partial charge < -0.3 is 24.8 Å². The second-order valence-corrected chi connectivity index (χ2v) is 7.79. The lowest BCUT2D eigenvalue weighted by Crippen LogP contribution is -2.35. The van der Waals surface area contributed by atoms with Crippen LogP contribution in [0.4, 0.5) is 5.69 Å². The van der Waals surface area contributed by atoms with E-state index >= 15 is 0 Å². The molecule has 2 rings (SSSR count). The molecule has 1 aliphatic heterocycles. The van der Waals surface area contributed by atoms with Crippen LogP contribution in [0.1, 0.15) is 16.8 Å². The summed E-state index contributed by atoms with van der Waals surface area (Å²) in [6.07, 6.45) is 4.54. The number of esters is 2. The monoisotopic (exact) mass is 488 g/mol. The molecule has 0 saturated carbocycles. The Morgan fingerprint density at radius 1 is 1.09 bits per heavy atom. The first kappa shape index (κ1) is 26.9. The zero-order valence-electron chi connectivity index (χ0n) is 18.7. The molecule has 0 radical (unpaired) electrons. The van der Waals surface area contributed by atoms with E-state index in [4.69, 9.17) is 14.2 Å². The maximum atomic E-state index is 13.0. The summed E-state index contributed by atoms with van der Waals surface area (Å²) < 4.78 is 15.7. The quantitative estimate of drug-likeness (QED) is 0.167. The van der Waals surface area contributed by atoms with Crippen LogP contribution in [0.5, 0.6) is 5.75 Å². The van der Waals surface area contributed by atoms with Gasteiger partial charge in [0.15, 0.2) is 10.9 Å². The first-order chi connectivity index (χ1) is 16.3. The number of hydrogen-bond donors (Lipinski definition) is 3. The molecule has 182 valence electrons. The molecular weight excluding hydrogens is 460 g/mol. The minimum absolute atomic E-state index is 0.0178. The fourth-order valence-electron chi connectivity index (χ4n) is 3.47. The SMILES string of the molecule is C=CCOC(=O)c1cccc(NC(=O)[C@@H]2C[C@@H](C(C(=O)S)C(=O)OCC=C)CN2)c1OCC=C. The number of benzene rings is 1. The number of para-hydroxylation sites is 1. The molecule has 3 atom stereocenters. The van der Waals surface area contributed by atoms with E-state index in [1.165, 1.54) is 24.3 Å². The van der Waals surface area contributed by atoms with Crippen LogP contribution in [0.3, 0.4) is 0 Å². The third-order valence-electron chi connectivity index (χ3n) is 4.99. The van der Waals surface area contributed by atoms with Crippen molar-refractivity contribution >= 4 is 41.3 Å². The minimum atomic E-state index is -1.11. The maximum absolute atomic E-state index is 13.0. The van der Waals surface area contributed by atoms with Crippen molar-refractivity contribution in [3.05, 3.63) is 61.7 Å². The van der Waals surface area contributed by atoms with Crippen LogP contribution in [0.25, 0.3) is 0 Å². The van der Waals surface area contributed by atoms with Gasteiger partial charge in [-0.1, -0.05) is 44.0 Å². The van der Waals surface area contributed by atoms with Crippen molar-refractivity contribution in [2.75, 3.05) is 31.7 Å². The molecule has 0 aromatic heterocycles. The molecule has 0 bridgehead atoms. The summed E-state index contributed by atoms with van der Waals surface area (Å²) in [5.74, 6) is -3.22. The molecule has 0 spiro atoms. The van der Waals surface area contributed by atoms with E-state index in [-0.39, 0.29) is 49.8 Å². The zero-order valence-corrected chi connectivity index (χ0v) is 19.6. The Morgan fingerprint density at radius 2 is 1.76 bits per heavy atom. The fourth-order valence-corrected chi connectivity index (χ4v) is 3.78. The van der Waals surface area contributed by atoms with Gasteiger partial charge in [0.2, 0.25) is 5.91 Å². The number of anilines is 1. The second-order valence-electron chi connectivity index (χ2n) is 7.35. The van der Waals surface area contributed by atoms with Gasteiger partial charge in [0.25, 0.3) is 0 Å². The Morgan fingerprint density at radius 3 is 2.41 bits per heavy atom. The maximum Gasteiger partial charge on any atom is 0.342 e. The number of hydrogen-bond acceptors (Lipinski definition) is 8. The number of nitrogens with one attached hydrogen (secondary N) is 2. The molecule has 1 aromatic carbocycles. The summed E-state index contributed by atoms with van der Waals surface area (Å²) in [6, 6.07) is 3.98. The molecule has 9 nitrogen and oxygen atoms in total. The van der Waals surface area contributed by atoms with Crippen molar-refractivity contribution in [3.63, 3.8) is 0 Å². The van der Waals surface area contributed by atoms with Crippen molar-refractivity contribution in [2.45, 2.75) is 12.5 Å². The first-order valence-corrected chi connectivity index (χ1v) is 11.0. The van der Waals surface area contributed by atoms with Crippen LogP contribution in [0, 0.1) is 11.8 Å². The summed E-state index contributed by atoms with van der Waals surface area (Å²) in [7, 11) is 0. The Labute approximate surface area is 203 Å². The average Bonchev–Trinajstić information content (AvgIpc) is 3.29. The average molecular weight is 489 g/mol. The van der Waals surface area contributed by atoms with Gasteiger partial charge in [-0.3, -0.25) is 14.4 Å². The van der Waals surface area contributed by atoms with E-state index in [1.54, 1.807) is 12.1 Å². The van der Waals surface area contributed by atoms with Crippen molar-refractivity contribution in [1.29, 1.82) is 0 Å². The highest BCUT2D eigenvalue weighted by Crippen LogP contribution is 2.31. The van der Waals surface area contributed by atoms with Gasteiger partial charge in [0, 0.05) is 6.54 Å². The Hall–Kier alpha value is -3.37. The highest BCUT2D eigenvalue weighted by atomic mass is 32.1. The molecule has 2 N–H and O–H groups in total. The van der Waals surface area contributed by atoms with E-state index in [0.717, 1.165) is 0 Å². The summed E-state index contributed by atoms with van der Waals surface area (Å²) in [4.78, 5) is 49.6. The van der Waals surface area contributed by atoms with E-state index in [1.807, 2.05) is 0 Å². The van der Waals surface area contributed by atoms with E-state index < -0.39 is 40.8 Å². The van der Waals surface area contributed by atoms with Gasteiger partial charge in [-0.25, -0.2) is 4.79 Å². The highest BCUT2D eigenvalue weighted by Gasteiger charge is 2.41. The lowest BCUT2D eigenvalue weighted by atomic mass is 9.90. The van der Waals surface area contributed by atoms with Crippen LogP contribution >= 0.6 is 12.6 Å². The van der Waals surface area contributed by atoms with Crippen molar-refractivity contribution in [2.24, 2.45) is 11.8 Å². The standard InChI is InChI=1S/C24H28N2O7S/c1-4-10-31-20-16(22(28)32-11-5-2)8-7-9-17(20)26-21(27)18-13-15(14-25-18)19(24(30)34)23(29)33-12-6-3/h4-9,15,18-19,25H,1-3,10-14H2,(H,26,27)(H,30,34)/t15-,18+,19?/m1/s1. The highest BCUT2D eigenvalue weighted by molar-refractivity contribution is 7.96. The van der Waals surface area contributed by atoms with E-state index in [0.29, 0.717) is 0 Å². The van der Waals surface area contributed by atoms with Gasteiger partial charge in [0.1, 0.15) is 31.3 Å². The molecule has 10 heteroatoms. The zero-order chi connectivity index (χ0) is 25.1. The summed E-state index contributed by atoms with van der Waals surface area (Å²) in [5.41, 5.74) is 0.391. The molecule has 0 aliphatic carbocycles. The Balaban J connectivity index is 2.17. The number of ether oxygens (including phenoxy) is 3. The number of amides is 1. The van der Waals surface area contributed by atoms with Crippen molar-refractivity contribution in [3.8, 4) is 5.75 Å². The topological polar surface area (TPSA) is 120 Å². The smallest absolute Gasteiger partial charge is 0.342 e. The lowest BCUT2D eigenvalue weighted by molar-refractivity contribution is -0.151. The van der Waals surface area contributed by atoms with Crippen molar-refractivity contribution in [1.82, 2.24) is 5.32 Å². The predicted octanol–water partition coefficient (Wildman–Crippen LogP) is 2.31. The van der Waals surface area contributed by atoms with Gasteiger partial charge >= 0.3 is 11.9 Å². The molecule has 1 unspecified atom stereocenters. The van der Waals surface area contributed by atoms with Crippen molar-refractivity contribution < 1.29 is 33.4 Å². The van der Waals surface area contributed by atoms with E-state index in [9.17, 15) is 19.2 Å². The first-order valence-electron chi connectivity index (χ1n) is 10.5. The second kappa shape index (κ2) is 13.4. The normalized spacial score (nSPS) is 17.7. The largest absolute Gasteiger partial charge is 0.486 e. The van der Waals surface area contributed by atoms with E-state index in [2.05, 4.69) is 43.0 Å². The van der Waals surface area contributed by atoms with Gasteiger partial charge in [-0.05, 0) is 24.5 Å². The lowest BCUT2D eigenvalue weighted by Gasteiger charge is -2.19. The van der Waals surface area contributed by atoms with Crippen LogP contribution < -0.4 is 15.4 Å². The molecule has 1 aliphatic rings. The summed E-state index contributed by atoms with van der Waals surface area (Å²) in [6.45, 7) is 10.9. The summed E-state index contributed by atoms with van der Waals surface area (Å²) >= 11 is 3.82. The van der Waals surface area contributed by atoms with Crippen LogP contribution in [0.15, 0.2) is 56.2 Å². The van der Waals surface area contributed by atoms with Crippen LogP contribution in [-0.2, 0) is 23.9 Å². The number of rotatable bonds is 13. The summed E-state index contributed by atoms with van der Waals surface area (Å²) in [5, 5.41) is 5.13. The van der Waals surface area contributed by atoms with Crippen LogP contribution in [-0.4, -0.2) is 55.4 Å². The Kier molecular flexibility index (Phi) is 10.6. The third kappa shape index (κ3) is 7.06. The molecule has 34 heavy (non-hydrogen) atoms.